The molecule has 0 saturated carbocycles. The van der Waals surface area contributed by atoms with E-state index in [1.54, 1.807) is 6.92 Å². The van der Waals surface area contributed by atoms with Crippen LogP contribution in [-0.2, 0) is 4.79 Å². The Balaban J connectivity index is 3.00. The van der Waals surface area contributed by atoms with Crippen LogP contribution in [0.15, 0.2) is 0 Å². The van der Waals surface area contributed by atoms with E-state index >= 15 is 0 Å². The molecule has 0 aliphatic carbocycles. The van der Waals surface area contributed by atoms with Crippen molar-refractivity contribution in [2.24, 2.45) is 5.84 Å². The van der Waals surface area contributed by atoms with E-state index in [0.717, 1.165) is 11.4 Å². The highest BCUT2D eigenvalue weighted by Crippen LogP contribution is 2.22. The Morgan fingerprint density at radius 3 is 2.50 bits per heavy atom. The summed E-state index contributed by atoms with van der Waals surface area (Å²) in [6.07, 6.45) is 0. The summed E-state index contributed by atoms with van der Waals surface area (Å²) in [5.74, 6) is 7.35. The van der Waals surface area contributed by atoms with Gasteiger partial charge in [-0.25, -0.2) is 15.8 Å². The van der Waals surface area contributed by atoms with Gasteiger partial charge in [-0.1, -0.05) is 0 Å². The number of nitrogen functional groups attached to an aromatic ring is 1. The Morgan fingerprint density at radius 1 is 1.35 bits per heavy atom. The van der Waals surface area contributed by atoms with Crippen molar-refractivity contribution in [2.45, 2.75) is 40.7 Å². The van der Waals surface area contributed by atoms with Crippen LogP contribution in [-0.4, -0.2) is 35.0 Å². The SMILES string of the molecule is CCN(CC(=O)NC(C)C)c1nc(C)nc(NN)c1C. The fraction of sp³-hybridized carbons (Fsp3) is 0.615. The van der Waals surface area contributed by atoms with Gasteiger partial charge in [-0.15, -0.1) is 0 Å². The molecule has 112 valence electrons. The summed E-state index contributed by atoms with van der Waals surface area (Å²) in [6, 6.07) is 0.121. The molecular weight excluding hydrogens is 256 g/mol. The van der Waals surface area contributed by atoms with Crippen molar-refractivity contribution >= 4 is 17.5 Å². The van der Waals surface area contributed by atoms with Gasteiger partial charge in [-0.05, 0) is 34.6 Å². The molecule has 4 N–H and O–H groups in total. The van der Waals surface area contributed by atoms with E-state index < -0.39 is 0 Å². The highest BCUT2D eigenvalue weighted by Gasteiger charge is 2.17. The molecule has 0 aliphatic rings. The number of anilines is 2. The highest BCUT2D eigenvalue weighted by molar-refractivity contribution is 5.81. The summed E-state index contributed by atoms with van der Waals surface area (Å²) in [5, 5.41) is 2.88. The standard InChI is InChI=1S/C13H24N6O/c1-6-19(7-11(20)15-8(2)3)13-9(4)12(18-14)16-10(5)17-13/h8H,6-7,14H2,1-5H3,(H,15,20)(H,16,17,18). The predicted octanol–water partition coefficient (Wildman–Crippen LogP) is 0.730. The summed E-state index contributed by atoms with van der Waals surface area (Å²) < 4.78 is 0. The second-order valence-corrected chi connectivity index (χ2v) is 4.95. The number of likely N-dealkylation sites (N-methyl/N-ethyl adjacent to an activating group) is 1. The third-order valence-electron chi connectivity index (χ3n) is 2.83. The van der Waals surface area contributed by atoms with Gasteiger partial charge in [0.1, 0.15) is 17.5 Å². The number of carbonyl (C=O) groups excluding carboxylic acids is 1. The topological polar surface area (TPSA) is 96.2 Å². The zero-order valence-corrected chi connectivity index (χ0v) is 12.8. The minimum atomic E-state index is -0.0280. The summed E-state index contributed by atoms with van der Waals surface area (Å²) in [6.45, 7) is 10.5. The van der Waals surface area contributed by atoms with Gasteiger partial charge < -0.3 is 15.6 Å². The van der Waals surface area contributed by atoms with E-state index in [9.17, 15) is 4.79 Å². The van der Waals surface area contributed by atoms with Gasteiger partial charge in [-0.3, -0.25) is 4.79 Å². The monoisotopic (exact) mass is 280 g/mol. The van der Waals surface area contributed by atoms with E-state index in [1.807, 2.05) is 32.6 Å². The third-order valence-corrected chi connectivity index (χ3v) is 2.83. The van der Waals surface area contributed by atoms with Crippen LogP contribution in [0.2, 0.25) is 0 Å². The van der Waals surface area contributed by atoms with Crippen LogP contribution in [0, 0.1) is 13.8 Å². The zero-order chi connectivity index (χ0) is 15.3. The minimum Gasteiger partial charge on any atom is -0.352 e. The van der Waals surface area contributed by atoms with Gasteiger partial charge in [0, 0.05) is 18.2 Å². The zero-order valence-electron chi connectivity index (χ0n) is 12.8. The van der Waals surface area contributed by atoms with Gasteiger partial charge in [0.15, 0.2) is 0 Å². The quantitative estimate of drug-likeness (QED) is 0.525. The molecule has 0 aliphatic heterocycles. The van der Waals surface area contributed by atoms with Crippen molar-refractivity contribution in [3.8, 4) is 0 Å². The third kappa shape index (κ3) is 4.06. The minimum absolute atomic E-state index is 0.0280. The van der Waals surface area contributed by atoms with Crippen molar-refractivity contribution < 1.29 is 4.79 Å². The average Bonchev–Trinajstić information content (AvgIpc) is 2.37. The maximum atomic E-state index is 11.9. The maximum Gasteiger partial charge on any atom is 0.239 e. The van der Waals surface area contributed by atoms with Crippen LogP contribution in [0.25, 0.3) is 0 Å². The van der Waals surface area contributed by atoms with Crippen molar-refractivity contribution in [3.05, 3.63) is 11.4 Å². The van der Waals surface area contributed by atoms with Crippen molar-refractivity contribution in [3.63, 3.8) is 0 Å². The molecule has 1 heterocycles. The first kappa shape index (κ1) is 16.2. The van der Waals surface area contributed by atoms with E-state index in [-0.39, 0.29) is 18.5 Å². The van der Waals surface area contributed by atoms with Crippen LogP contribution >= 0.6 is 0 Å². The number of hydrogen-bond acceptors (Lipinski definition) is 6. The lowest BCUT2D eigenvalue weighted by molar-refractivity contribution is -0.120. The lowest BCUT2D eigenvalue weighted by atomic mass is 10.2. The second kappa shape index (κ2) is 7.04. The molecule has 0 radical (unpaired) electrons. The Morgan fingerprint density at radius 2 is 2.00 bits per heavy atom. The number of aromatic nitrogens is 2. The summed E-state index contributed by atoms with van der Waals surface area (Å²) in [4.78, 5) is 22.5. The molecule has 0 bridgehead atoms. The van der Waals surface area contributed by atoms with Gasteiger partial charge in [0.05, 0.1) is 6.54 Å². The largest absolute Gasteiger partial charge is 0.352 e. The molecule has 0 saturated heterocycles. The molecule has 1 aromatic rings. The average molecular weight is 280 g/mol. The lowest BCUT2D eigenvalue weighted by Crippen LogP contribution is -2.40. The Labute approximate surface area is 119 Å². The molecule has 1 rings (SSSR count). The number of hydrogen-bond donors (Lipinski definition) is 3. The molecule has 0 fully saturated rings. The van der Waals surface area contributed by atoms with Crippen LogP contribution < -0.4 is 21.5 Å². The molecule has 0 aromatic carbocycles. The first-order chi connectivity index (χ1) is 9.38. The number of amides is 1. The Kier molecular flexibility index (Phi) is 5.69. The lowest BCUT2D eigenvalue weighted by Gasteiger charge is -2.24. The van der Waals surface area contributed by atoms with Crippen molar-refractivity contribution in [1.82, 2.24) is 15.3 Å². The number of nitrogens with one attached hydrogen (secondary N) is 2. The molecule has 0 atom stereocenters. The molecule has 7 nitrogen and oxygen atoms in total. The summed E-state index contributed by atoms with van der Waals surface area (Å²) in [5.41, 5.74) is 3.39. The molecule has 1 aromatic heterocycles. The van der Waals surface area contributed by atoms with E-state index in [4.69, 9.17) is 5.84 Å². The van der Waals surface area contributed by atoms with Gasteiger partial charge in [0.25, 0.3) is 0 Å². The molecule has 1 amide bonds. The van der Waals surface area contributed by atoms with Gasteiger partial charge in [-0.2, -0.15) is 0 Å². The van der Waals surface area contributed by atoms with Crippen LogP contribution in [0.3, 0.4) is 0 Å². The number of nitrogens with two attached hydrogens (primary N) is 1. The first-order valence-corrected chi connectivity index (χ1v) is 6.75. The fourth-order valence-corrected chi connectivity index (χ4v) is 1.94. The first-order valence-electron chi connectivity index (χ1n) is 6.75. The molecule has 0 spiro atoms. The molecule has 20 heavy (non-hydrogen) atoms. The Bertz CT molecular complexity index is 474. The molecule has 0 unspecified atom stereocenters. The van der Waals surface area contributed by atoms with E-state index in [2.05, 4.69) is 20.7 Å². The van der Waals surface area contributed by atoms with E-state index in [0.29, 0.717) is 18.2 Å². The highest BCUT2D eigenvalue weighted by atomic mass is 16.2. The van der Waals surface area contributed by atoms with Crippen LogP contribution in [0.4, 0.5) is 11.6 Å². The number of aryl methyl sites for hydroxylation is 1. The Hall–Kier alpha value is -1.89. The number of carbonyl (C=O) groups is 1. The van der Waals surface area contributed by atoms with Crippen LogP contribution in [0.5, 0.6) is 0 Å². The van der Waals surface area contributed by atoms with Gasteiger partial charge in [0.2, 0.25) is 5.91 Å². The normalized spacial score (nSPS) is 10.6. The molecule has 7 heteroatoms. The predicted molar refractivity (Wildman–Crippen MR) is 80.5 cm³/mol. The van der Waals surface area contributed by atoms with Crippen LogP contribution in [0.1, 0.15) is 32.2 Å². The van der Waals surface area contributed by atoms with E-state index in [1.165, 1.54) is 0 Å². The fourth-order valence-electron chi connectivity index (χ4n) is 1.94. The van der Waals surface area contributed by atoms with Crippen molar-refractivity contribution in [2.75, 3.05) is 23.4 Å². The molecular formula is C13H24N6O. The number of nitrogens with zero attached hydrogens (tertiary/aromatic N) is 3. The maximum absolute atomic E-state index is 11.9. The van der Waals surface area contributed by atoms with Gasteiger partial charge >= 0.3 is 0 Å². The number of rotatable bonds is 6. The van der Waals surface area contributed by atoms with Crippen molar-refractivity contribution in [1.29, 1.82) is 0 Å². The second-order valence-electron chi connectivity index (χ2n) is 4.95. The summed E-state index contributed by atoms with van der Waals surface area (Å²) >= 11 is 0. The number of hydrazine groups is 1. The summed E-state index contributed by atoms with van der Waals surface area (Å²) in [7, 11) is 0. The smallest absolute Gasteiger partial charge is 0.239 e.